The Balaban J connectivity index is 2.01. The van der Waals surface area contributed by atoms with E-state index < -0.39 is 23.7 Å². The Labute approximate surface area is 117 Å². The first kappa shape index (κ1) is 14.7. The van der Waals surface area contributed by atoms with E-state index in [0.29, 0.717) is 25.7 Å². The van der Waals surface area contributed by atoms with Gasteiger partial charge in [-0.25, -0.2) is 0 Å². The lowest BCUT2D eigenvalue weighted by molar-refractivity contribution is -0.140. The third-order valence-corrected chi connectivity index (χ3v) is 3.84. The number of Topliss-reactive ketones (excluding diaryl/α,β-unsaturated/α-hetero) is 2. The Bertz CT molecular complexity index is 393. The van der Waals surface area contributed by atoms with Crippen LogP contribution in [0.5, 0.6) is 0 Å². The first-order valence-electron chi connectivity index (χ1n) is 7.24. The fourth-order valence-electron chi connectivity index (χ4n) is 2.68. The van der Waals surface area contributed by atoms with Crippen LogP contribution in [0, 0.1) is 0 Å². The van der Waals surface area contributed by atoms with Crippen LogP contribution in [-0.2, 0) is 19.2 Å². The van der Waals surface area contributed by atoms with Crippen molar-refractivity contribution in [3.8, 4) is 0 Å². The minimum Gasteiger partial charge on any atom is -0.346 e. The summed E-state index contributed by atoms with van der Waals surface area (Å²) in [6.45, 7) is 0. The quantitative estimate of drug-likeness (QED) is 0.724. The average molecular weight is 280 g/mol. The molecular formula is C14H20N2O4. The zero-order valence-corrected chi connectivity index (χ0v) is 11.4. The van der Waals surface area contributed by atoms with Crippen molar-refractivity contribution < 1.29 is 19.2 Å². The van der Waals surface area contributed by atoms with E-state index in [2.05, 4.69) is 10.6 Å². The Kier molecular flexibility index (Phi) is 4.87. The first-order chi connectivity index (χ1) is 9.58. The molecule has 0 aromatic heterocycles. The van der Waals surface area contributed by atoms with Gasteiger partial charge in [0.15, 0.2) is 0 Å². The van der Waals surface area contributed by atoms with Crippen molar-refractivity contribution in [2.24, 2.45) is 0 Å². The number of nitrogens with one attached hydrogen (secondary N) is 2. The SMILES string of the molecule is O=C1CCCCC(C(=O)C(=O)C2CCCCC(=O)N2)N1. The second kappa shape index (κ2) is 6.63. The zero-order valence-electron chi connectivity index (χ0n) is 11.4. The summed E-state index contributed by atoms with van der Waals surface area (Å²) >= 11 is 0. The molecule has 0 aromatic carbocycles. The van der Waals surface area contributed by atoms with Crippen molar-refractivity contribution in [3.63, 3.8) is 0 Å². The molecule has 2 unspecified atom stereocenters. The van der Waals surface area contributed by atoms with Gasteiger partial charge in [0.2, 0.25) is 23.4 Å². The molecule has 0 saturated carbocycles. The second-order valence-electron chi connectivity index (χ2n) is 5.46. The minimum absolute atomic E-state index is 0.182. The van der Waals surface area contributed by atoms with E-state index in [1.165, 1.54) is 0 Å². The standard InChI is InChI=1S/C14H20N2O4/c17-11-7-3-1-5-9(15-11)13(19)14(20)10-6-2-4-8-12(18)16-10/h9-10H,1-8H2,(H,15,17)(H,16,18). The largest absolute Gasteiger partial charge is 0.346 e. The van der Waals surface area contributed by atoms with Gasteiger partial charge in [0.1, 0.15) is 0 Å². The predicted molar refractivity (Wildman–Crippen MR) is 70.8 cm³/mol. The van der Waals surface area contributed by atoms with Gasteiger partial charge >= 0.3 is 0 Å². The Morgan fingerprint density at radius 2 is 1.15 bits per heavy atom. The summed E-state index contributed by atoms with van der Waals surface area (Å²) < 4.78 is 0. The van der Waals surface area contributed by atoms with Crippen LogP contribution in [0.1, 0.15) is 51.4 Å². The molecule has 0 spiro atoms. The molecule has 2 fully saturated rings. The van der Waals surface area contributed by atoms with E-state index in [0.717, 1.165) is 25.7 Å². The van der Waals surface area contributed by atoms with E-state index in [4.69, 9.17) is 0 Å². The number of rotatable bonds is 3. The molecule has 2 N–H and O–H groups in total. The Hall–Kier alpha value is -1.72. The van der Waals surface area contributed by atoms with E-state index in [1.807, 2.05) is 0 Å². The number of hydrogen-bond acceptors (Lipinski definition) is 4. The van der Waals surface area contributed by atoms with Gasteiger partial charge in [0, 0.05) is 12.8 Å². The smallest absolute Gasteiger partial charge is 0.222 e. The van der Waals surface area contributed by atoms with Gasteiger partial charge in [-0.1, -0.05) is 12.8 Å². The maximum atomic E-state index is 12.2. The third kappa shape index (κ3) is 3.65. The molecule has 2 aliphatic rings. The summed E-state index contributed by atoms with van der Waals surface area (Å²) in [6, 6.07) is -1.45. The van der Waals surface area contributed by atoms with E-state index in [9.17, 15) is 19.2 Å². The molecule has 2 atom stereocenters. The summed E-state index contributed by atoms with van der Waals surface area (Å²) in [6.07, 6.45) is 4.77. The monoisotopic (exact) mass is 280 g/mol. The van der Waals surface area contributed by atoms with Crippen molar-refractivity contribution in [3.05, 3.63) is 0 Å². The van der Waals surface area contributed by atoms with Gasteiger partial charge in [-0.05, 0) is 25.7 Å². The molecule has 0 bridgehead atoms. The number of carbonyl (C=O) groups excluding carboxylic acids is 4. The summed E-state index contributed by atoms with van der Waals surface area (Å²) in [5.74, 6) is -1.52. The Morgan fingerprint density at radius 1 is 0.750 bits per heavy atom. The topological polar surface area (TPSA) is 92.3 Å². The van der Waals surface area contributed by atoms with Crippen molar-refractivity contribution in [1.82, 2.24) is 10.6 Å². The molecule has 2 rings (SSSR count). The summed E-state index contributed by atoms with van der Waals surface area (Å²) in [5, 5.41) is 5.21. The molecule has 2 heterocycles. The molecule has 2 aliphatic heterocycles. The highest BCUT2D eigenvalue weighted by atomic mass is 16.2. The molecule has 20 heavy (non-hydrogen) atoms. The first-order valence-corrected chi connectivity index (χ1v) is 7.24. The average Bonchev–Trinajstić information content (AvgIpc) is 2.77. The van der Waals surface area contributed by atoms with Crippen LogP contribution in [0.3, 0.4) is 0 Å². The lowest BCUT2D eigenvalue weighted by Gasteiger charge is -2.18. The van der Waals surface area contributed by atoms with Gasteiger partial charge in [0.05, 0.1) is 12.1 Å². The van der Waals surface area contributed by atoms with Crippen LogP contribution in [-0.4, -0.2) is 35.5 Å². The van der Waals surface area contributed by atoms with Crippen LogP contribution >= 0.6 is 0 Å². The van der Waals surface area contributed by atoms with Gasteiger partial charge in [0.25, 0.3) is 0 Å². The van der Waals surface area contributed by atoms with Gasteiger partial charge < -0.3 is 10.6 Å². The lowest BCUT2D eigenvalue weighted by Crippen LogP contribution is -2.50. The number of hydrogen-bond donors (Lipinski definition) is 2. The van der Waals surface area contributed by atoms with Crippen molar-refractivity contribution in [1.29, 1.82) is 0 Å². The van der Waals surface area contributed by atoms with Crippen molar-refractivity contribution in [2.45, 2.75) is 63.5 Å². The summed E-state index contributed by atoms with van der Waals surface area (Å²) in [4.78, 5) is 47.3. The van der Waals surface area contributed by atoms with Gasteiger partial charge in [-0.3, -0.25) is 19.2 Å². The highest BCUT2D eigenvalue weighted by Gasteiger charge is 2.34. The lowest BCUT2D eigenvalue weighted by atomic mass is 9.97. The maximum absolute atomic E-state index is 12.2. The van der Waals surface area contributed by atoms with E-state index >= 15 is 0 Å². The molecule has 2 saturated heterocycles. The molecule has 110 valence electrons. The second-order valence-corrected chi connectivity index (χ2v) is 5.46. The normalized spacial score (nSPS) is 27.8. The molecule has 0 aliphatic carbocycles. The van der Waals surface area contributed by atoms with Crippen molar-refractivity contribution in [2.75, 3.05) is 0 Å². The van der Waals surface area contributed by atoms with E-state index in [-0.39, 0.29) is 11.8 Å². The molecule has 0 radical (unpaired) electrons. The number of amides is 2. The number of ketones is 2. The van der Waals surface area contributed by atoms with Crippen LogP contribution in [0.4, 0.5) is 0 Å². The summed E-state index contributed by atoms with van der Waals surface area (Å²) in [5.41, 5.74) is 0. The highest BCUT2D eigenvalue weighted by molar-refractivity contribution is 6.41. The van der Waals surface area contributed by atoms with Crippen LogP contribution in [0.2, 0.25) is 0 Å². The molecular weight excluding hydrogens is 260 g/mol. The fraction of sp³-hybridized carbons (Fsp3) is 0.714. The van der Waals surface area contributed by atoms with E-state index in [1.54, 1.807) is 0 Å². The summed E-state index contributed by atoms with van der Waals surface area (Å²) in [7, 11) is 0. The van der Waals surface area contributed by atoms with Crippen LogP contribution in [0.25, 0.3) is 0 Å². The third-order valence-electron chi connectivity index (χ3n) is 3.84. The van der Waals surface area contributed by atoms with Crippen LogP contribution in [0.15, 0.2) is 0 Å². The maximum Gasteiger partial charge on any atom is 0.222 e. The van der Waals surface area contributed by atoms with Gasteiger partial charge in [-0.2, -0.15) is 0 Å². The Morgan fingerprint density at radius 3 is 1.55 bits per heavy atom. The fourth-order valence-corrected chi connectivity index (χ4v) is 2.68. The zero-order chi connectivity index (χ0) is 14.5. The molecule has 6 heteroatoms. The molecule has 0 aromatic rings. The predicted octanol–water partition coefficient (Wildman–Crippen LogP) is 0.242. The van der Waals surface area contributed by atoms with Crippen LogP contribution < -0.4 is 10.6 Å². The molecule has 6 nitrogen and oxygen atoms in total. The molecule has 2 amide bonds. The number of carbonyl (C=O) groups is 4. The van der Waals surface area contributed by atoms with Crippen molar-refractivity contribution >= 4 is 23.4 Å². The van der Waals surface area contributed by atoms with Gasteiger partial charge in [-0.15, -0.1) is 0 Å². The minimum atomic E-state index is -0.724. The highest BCUT2D eigenvalue weighted by Crippen LogP contribution is 2.14.